The summed E-state index contributed by atoms with van der Waals surface area (Å²) in [5.74, 6) is -0.278. The van der Waals surface area contributed by atoms with Crippen LogP contribution in [0, 0.1) is 13.8 Å². The van der Waals surface area contributed by atoms with Crippen LogP contribution < -0.4 is 10.1 Å². The van der Waals surface area contributed by atoms with Gasteiger partial charge in [-0.3, -0.25) is 4.79 Å². The Kier molecular flexibility index (Phi) is 5.58. The third kappa shape index (κ3) is 4.35. The Morgan fingerprint density at radius 3 is 2.50 bits per heavy atom. The van der Waals surface area contributed by atoms with E-state index in [1.807, 2.05) is 32.0 Å². The zero-order valence-corrected chi connectivity index (χ0v) is 14.3. The summed E-state index contributed by atoms with van der Waals surface area (Å²) < 4.78 is 10.3. The standard InChI is InChI=1S/C19H21NO4/c1-12-8-9-17(13(2)10-12)20-18(21)14(3)24-16-7-5-6-15(11-16)19(22)23-4/h5-11,14H,1-4H3,(H,20,21)/t14-/m1/s1. The van der Waals surface area contributed by atoms with E-state index in [-0.39, 0.29) is 5.91 Å². The Morgan fingerprint density at radius 1 is 1.08 bits per heavy atom. The molecule has 0 aliphatic carbocycles. The molecule has 0 unspecified atom stereocenters. The molecule has 1 atom stereocenters. The lowest BCUT2D eigenvalue weighted by Gasteiger charge is -2.16. The van der Waals surface area contributed by atoms with E-state index in [4.69, 9.17) is 4.74 Å². The maximum Gasteiger partial charge on any atom is 0.337 e. The second-order valence-electron chi connectivity index (χ2n) is 5.59. The van der Waals surface area contributed by atoms with E-state index in [1.54, 1.807) is 31.2 Å². The fourth-order valence-electron chi connectivity index (χ4n) is 2.26. The predicted octanol–water partition coefficient (Wildman–Crippen LogP) is 3.50. The highest BCUT2D eigenvalue weighted by Crippen LogP contribution is 2.18. The first-order chi connectivity index (χ1) is 11.4. The molecule has 0 saturated heterocycles. The third-order valence-corrected chi connectivity index (χ3v) is 3.58. The van der Waals surface area contributed by atoms with E-state index in [0.29, 0.717) is 11.3 Å². The van der Waals surface area contributed by atoms with Gasteiger partial charge in [-0.1, -0.05) is 23.8 Å². The number of hydrogen-bond donors (Lipinski definition) is 1. The SMILES string of the molecule is COC(=O)c1cccc(O[C@H](C)C(=O)Nc2ccc(C)cc2C)c1. The molecule has 1 N–H and O–H groups in total. The number of esters is 1. The summed E-state index contributed by atoms with van der Waals surface area (Å²) in [6.45, 7) is 5.59. The van der Waals surface area contributed by atoms with Crippen molar-refractivity contribution in [2.75, 3.05) is 12.4 Å². The Hall–Kier alpha value is -2.82. The van der Waals surface area contributed by atoms with Crippen LogP contribution in [0.4, 0.5) is 5.69 Å². The van der Waals surface area contributed by atoms with Crippen LogP contribution in [0.1, 0.15) is 28.4 Å². The van der Waals surface area contributed by atoms with Crippen molar-refractivity contribution >= 4 is 17.6 Å². The number of methoxy groups -OCH3 is 1. The van der Waals surface area contributed by atoms with Gasteiger partial charge in [0.25, 0.3) is 5.91 Å². The first kappa shape index (κ1) is 17.5. The second-order valence-corrected chi connectivity index (χ2v) is 5.59. The van der Waals surface area contributed by atoms with Crippen molar-refractivity contribution in [2.45, 2.75) is 26.9 Å². The van der Waals surface area contributed by atoms with Gasteiger partial charge >= 0.3 is 5.97 Å². The topological polar surface area (TPSA) is 64.6 Å². The molecule has 0 saturated carbocycles. The zero-order valence-electron chi connectivity index (χ0n) is 14.3. The molecule has 0 heterocycles. The number of anilines is 1. The summed E-state index contributed by atoms with van der Waals surface area (Å²) in [5, 5.41) is 2.85. The van der Waals surface area contributed by atoms with Crippen molar-refractivity contribution in [3.05, 3.63) is 59.2 Å². The quantitative estimate of drug-likeness (QED) is 0.854. The average Bonchev–Trinajstić information content (AvgIpc) is 2.56. The van der Waals surface area contributed by atoms with Gasteiger partial charge in [-0.15, -0.1) is 0 Å². The number of hydrogen-bond acceptors (Lipinski definition) is 4. The Morgan fingerprint density at radius 2 is 1.83 bits per heavy atom. The van der Waals surface area contributed by atoms with E-state index in [2.05, 4.69) is 10.1 Å². The molecular formula is C19H21NO4. The maximum absolute atomic E-state index is 12.3. The molecule has 2 aromatic rings. The van der Waals surface area contributed by atoms with Gasteiger partial charge in [0.05, 0.1) is 12.7 Å². The number of rotatable bonds is 5. The van der Waals surface area contributed by atoms with Crippen molar-refractivity contribution in [3.8, 4) is 5.75 Å². The van der Waals surface area contributed by atoms with Gasteiger partial charge in [0.15, 0.2) is 6.10 Å². The zero-order chi connectivity index (χ0) is 17.7. The molecule has 0 bridgehead atoms. The highest BCUT2D eigenvalue weighted by molar-refractivity contribution is 5.95. The van der Waals surface area contributed by atoms with Gasteiger partial charge in [-0.25, -0.2) is 4.79 Å². The second kappa shape index (κ2) is 7.64. The maximum atomic E-state index is 12.3. The molecule has 1 amide bonds. The summed E-state index contributed by atoms with van der Waals surface area (Å²) in [6, 6.07) is 12.3. The molecule has 2 aromatic carbocycles. The number of nitrogens with one attached hydrogen (secondary N) is 1. The highest BCUT2D eigenvalue weighted by atomic mass is 16.5. The molecule has 126 valence electrons. The van der Waals surface area contributed by atoms with Gasteiger partial charge in [0.2, 0.25) is 0 Å². The van der Waals surface area contributed by atoms with Crippen LogP contribution in [0.2, 0.25) is 0 Å². The molecule has 5 nitrogen and oxygen atoms in total. The molecule has 0 fully saturated rings. The first-order valence-corrected chi connectivity index (χ1v) is 7.64. The minimum absolute atomic E-state index is 0.259. The first-order valence-electron chi connectivity index (χ1n) is 7.64. The Balaban J connectivity index is 2.05. The Labute approximate surface area is 141 Å². The molecule has 0 aliphatic heterocycles. The number of aryl methyl sites for hydroxylation is 2. The molecule has 0 aliphatic rings. The summed E-state index contributed by atoms with van der Waals surface area (Å²) in [5.41, 5.74) is 3.25. The fourth-order valence-corrected chi connectivity index (χ4v) is 2.26. The number of carbonyl (C=O) groups excluding carboxylic acids is 2. The van der Waals surface area contributed by atoms with Crippen molar-refractivity contribution in [1.29, 1.82) is 0 Å². The van der Waals surface area contributed by atoms with E-state index < -0.39 is 12.1 Å². The summed E-state index contributed by atoms with van der Waals surface area (Å²) in [6.07, 6.45) is -0.710. The van der Waals surface area contributed by atoms with Gasteiger partial charge in [0, 0.05) is 5.69 Å². The number of amides is 1. The molecule has 0 spiro atoms. The number of carbonyl (C=O) groups is 2. The largest absolute Gasteiger partial charge is 0.481 e. The lowest BCUT2D eigenvalue weighted by molar-refractivity contribution is -0.122. The van der Waals surface area contributed by atoms with Crippen molar-refractivity contribution in [3.63, 3.8) is 0 Å². The molecular weight excluding hydrogens is 306 g/mol. The minimum Gasteiger partial charge on any atom is -0.481 e. The fraction of sp³-hybridized carbons (Fsp3) is 0.263. The molecule has 0 radical (unpaired) electrons. The number of ether oxygens (including phenoxy) is 2. The molecule has 0 aromatic heterocycles. The van der Waals surface area contributed by atoms with E-state index in [9.17, 15) is 9.59 Å². The number of benzene rings is 2. The van der Waals surface area contributed by atoms with Crippen molar-refractivity contribution in [2.24, 2.45) is 0 Å². The monoisotopic (exact) mass is 327 g/mol. The van der Waals surface area contributed by atoms with Crippen LogP contribution in [-0.2, 0) is 9.53 Å². The Bertz CT molecular complexity index is 755. The summed E-state index contributed by atoms with van der Waals surface area (Å²) in [7, 11) is 1.32. The van der Waals surface area contributed by atoms with E-state index in [0.717, 1.165) is 16.8 Å². The highest BCUT2D eigenvalue weighted by Gasteiger charge is 2.16. The molecule has 24 heavy (non-hydrogen) atoms. The van der Waals surface area contributed by atoms with Crippen LogP contribution >= 0.6 is 0 Å². The summed E-state index contributed by atoms with van der Waals surface area (Å²) in [4.78, 5) is 23.8. The smallest absolute Gasteiger partial charge is 0.337 e. The van der Waals surface area contributed by atoms with Gasteiger partial charge < -0.3 is 14.8 Å². The lowest BCUT2D eigenvalue weighted by Crippen LogP contribution is -2.30. The van der Waals surface area contributed by atoms with E-state index >= 15 is 0 Å². The predicted molar refractivity (Wildman–Crippen MR) is 92.4 cm³/mol. The minimum atomic E-state index is -0.710. The average molecular weight is 327 g/mol. The van der Waals surface area contributed by atoms with Crippen LogP contribution in [-0.4, -0.2) is 25.1 Å². The normalized spacial score (nSPS) is 11.5. The van der Waals surface area contributed by atoms with Crippen LogP contribution in [0.25, 0.3) is 0 Å². The van der Waals surface area contributed by atoms with Crippen LogP contribution in [0.3, 0.4) is 0 Å². The van der Waals surface area contributed by atoms with Gasteiger partial charge in [-0.05, 0) is 50.6 Å². The summed E-state index contributed by atoms with van der Waals surface area (Å²) >= 11 is 0. The molecule has 5 heteroatoms. The van der Waals surface area contributed by atoms with Crippen molar-refractivity contribution < 1.29 is 19.1 Å². The molecule has 2 rings (SSSR count). The van der Waals surface area contributed by atoms with Crippen molar-refractivity contribution in [1.82, 2.24) is 0 Å². The third-order valence-electron chi connectivity index (χ3n) is 3.58. The van der Waals surface area contributed by atoms with Gasteiger partial charge in [0.1, 0.15) is 5.75 Å². The van der Waals surface area contributed by atoms with Crippen LogP contribution in [0.15, 0.2) is 42.5 Å². The van der Waals surface area contributed by atoms with Gasteiger partial charge in [-0.2, -0.15) is 0 Å². The van der Waals surface area contributed by atoms with Crippen LogP contribution in [0.5, 0.6) is 5.75 Å². The van der Waals surface area contributed by atoms with E-state index in [1.165, 1.54) is 7.11 Å². The lowest BCUT2D eigenvalue weighted by atomic mass is 10.1.